The predicted octanol–water partition coefficient (Wildman–Crippen LogP) is 2.61. The van der Waals surface area contributed by atoms with E-state index in [0.29, 0.717) is 11.7 Å². The van der Waals surface area contributed by atoms with Gasteiger partial charge in [0.2, 0.25) is 0 Å². The lowest BCUT2D eigenvalue weighted by atomic mass is 10.3. The van der Waals surface area contributed by atoms with Crippen LogP contribution in [0.1, 0.15) is 25.6 Å². The summed E-state index contributed by atoms with van der Waals surface area (Å²) in [5.41, 5.74) is 7.25. The van der Waals surface area contributed by atoms with Gasteiger partial charge in [0.25, 0.3) is 0 Å². The Morgan fingerprint density at radius 3 is 2.60 bits per heavy atom. The minimum atomic E-state index is 0.303. The molecular weight excluding hydrogens is 190 g/mol. The molecule has 0 bridgehead atoms. The first kappa shape index (κ1) is 9.83. The smallest absolute Gasteiger partial charge is 0.156 e. The maximum atomic E-state index is 5.88. The number of anilines is 1. The van der Waals surface area contributed by atoms with Gasteiger partial charge in [-0.15, -0.1) is 0 Å². The van der Waals surface area contributed by atoms with E-state index in [2.05, 4.69) is 18.9 Å². The third-order valence-electron chi connectivity index (χ3n) is 2.26. The molecule has 80 valence electrons. The average Bonchev–Trinajstić information content (AvgIpc) is 2.71. The van der Waals surface area contributed by atoms with Gasteiger partial charge in [0, 0.05) is 12.2 Å². The van der Waals surface area contributed by atoms with Crippen LogP contribution in [0.15, 0.2) is 22.7 Å². The van der Waals surface area contributed by atoms with Gasteiger partial charge >= 0.3 is 0 Å². The predicted molar refractivity (Wildman–Crippen MR) is 59.5 cm³/mol. The van der Waals surface area contributed by atoms with Crippen LogP contribution >= 0.6 is 0 Å². The van der Waals surface area contributed by atoms with Gasteiger partial charge in [0.05, 0.1) is 5.69 Å². The molecule has 2 heterocycles. The Bertz CT molecular complexity index is 468. The topological polar surface area (TPSA) is 57.0 Å². The van der Waals surface area contributed by atoms with E-state index in [1.807, 2.05) is 29.9 Å². The highest BCUT2D eigenvalue weighted by Gasteiger charge is 2.12. The van der Waals surface area contributed by atoms with Crippen molar-refractivity contribution < 1.29 is 4.42 Å². The van der Waals surface area contributed by atoms with Gasteiger partial charge in [-0.2, -0.15) is 5.10 Å². The highest BCUT2D eigenvalue weighted by molar-refractivity contribution is 5.67. The summed E-state index contributed by atoms with van der Waals surface area (Å²) in [4.78, 5) is 0. The molecule has 0 aliphatic heterocycles. The zero-order chi connectivity index (χ0) is 11.0. The van der Waals surface area contributed by atoms with Crippen LogP contribution in [0.25, 0.3) is 11.5 Å². The van der Waals surface area contributed by atoms with Gasteiger partial charge in [-0.1, -0.05) is 0 Å². The van der Waals surface area contributed by atoms with Gasteiger partial charge in [0.15, 0.2) is 11.5 Å². The second kappa shape index (κ2) is 3.46. The number of rotatable bonds is 2. The van der Waals surface area contributed by atoms with Crippen molar-refractivity contribution in [2.45, 2.75) is 26.8 Å². The van der Waals surface area contributed by atoms with Gasteiger partial charge < -0.3 is 10.2 Å². The number of aromatic nitrogens is 2. The fourth-order valence-corrected chi connectivity index (χ4v) is 1.42. The fraction of sp³-hybridized carbons (Fsp3) is 0.364. The van der Waals surface area contributed by atoms with Crippen molar-refractivity contribution in [1.29, 1.82) is 0 Å². The third-order valence-corrected chi connectivity index (χ3v) is 2.26. The van der Waals surface area contributed by atoms with Gasteiger partial charge in [-0.05, 0) is 32.9 Å². The SMILES string of the molecule is Cc1ccc(-c2nn(C(C)C)cc2N)o1. The molecule has 2 aromatic rings. The van der Waals surface area contributed by atoms with Crippen molar-refractivity contribution in [2.24, 2.45) is 0 Å². The van der Waals surface area contributed by atoms with Crippen LogP contribution in [0.3, 0.4) is 0 Å². The number of nitrogen functional groups attached to an aromatic ring is 1. The Kier molecular flexibility index (Phi) is 2.26. The Balaban J connectivity index is 2.44. The Morgan fingerprint density at radius 1 is 1.40 bits per heavy atom. The highest BCUT2D eigenvalue weighted by atomic mass is 16.3. The van der Waals surface area contributed by atoms with E-state index >= 15 is 0 Å². The number of hydrogen-bond acceptors (Lipinski definition) is 3. The largest absolute Gasteiger partial charge is 0.460 e. The lowest BCUT2D eigenvalue weighted by molar-refractivity contribution is 0.522. The average molecular weight is 205 g/mol. The molecule has 4 heteroatoms. The van der Waals surface area contributed by atoms with Gasteiger partial charge in [0.1, 0.15) is 5.76 Å². The minimum Gasteiger partial charge on any atom is -0.460 e. The molecule has 15 heavy (non-hydrogen) atoms. The normalized spacial score (nSPS) is 11.2. The van der Waals surface area contributed by atoms with Crippen molar-refractivity contribution in [3.8, 4) is 11.5 Å². The third kappa shape index (κ3) is 1.75. The van der Waals surface area contributed by atoms with Crippen LogP contribution in [-0.4, -0.2) is 9.78 Å². The van der Waals surface area contributed by atoms with Crippen LogP contribution in [0.2, 0.25) is 0 Å². The molecule has 2 aromatic heterocycles. The summed E-state index contributed by atoms with van der Waals surface area (Å²) in [5.74, 6) is 1.59. The molecule has 0 aliphatic carbocycles. The van der Waals surface area contributed by atoms with Gasteiger partial charge in [-0.3, -0.25) is 4.68 Å². The van der Waals surface area contributed by atoms with Crippen molar-refractivity contribution in [3.05, 3.63) is 24.1 Å². The molecule has 0 radical (unpaired) electrons. The quantitative estimate of drug-likeness (QED) is 0.819. The Hall–Kier alpha value is -1.71. The zero-order valence-electron chi connectivity index (χ0n) is 9.19. The first-order valence-corrected chi connectivity index (χ1v) is 4.99. The highest BCUT2D eigenvalue weighted by Crippen LogP contribution is 2.26. The van der Waals surface area contributed by atoms with E-state index in [4.69, 9.17) is 10.2 Å². The molecule has 0 saturated heterocycles. The lowest BCUT2D eigenvalue weighted by Gasteiger charge is -2.02. The summed E-state index contributed by atoms with van der Waals surface area (Å²) >= 11 is 0. The van der Waals surface area contributed by atoms with Crippen LogP contribution in [-0.2, 0) is 0 Å². The second-order valence-corrected chi connectivity index (χ2v) is 3.92. The van der Waals surface area contributed by atoms with Crippen molar-refractivity contribution in [2.75, 3.05) is 5.73 Å². The van der Waals surface area contributed by atoms with E-state index < -0.39 is 0 Å². The Morgan fingerprint density at radius 2 is 2.13 bits per heavy atom. The van der Waals surface area contributed by atoms with E-state index in [-0.39, 0.29) is 0 Å². The maximum Gasteiger partial charge on any atom is 0.156 e. The standard InChI is InChI=1S/C11H15N3O/c1-7(2)14-6-9(12)11(13-14)10-5-4-8(3)15-10/h4-7H,12H2,1-3H3. The van der Waals surface area contributed by atoms with Crippen LogP contribution < -0.4 is 5.73 Å². The fourth-order valence-electron chi connectivity index (χ4n) is 1.42. The second-order valence-electron chi connectivity index (χ2n) is 3.92. The molecular formula is C11H15N3O. The van der Waals surface area contributed by atoms with E-state index in [9.17, 15) is 0 Å². The molecule has 0 unspecified atom stereocenters. The van der Waals surface area contributed by atoms with Crippen molar-refractivity contribution >= 4 is 5.69 Å². The number of furan rings is 1. The monoisotopic (exact) mass is 205 g/mol. The van der Waals surface area contributed by atoms with Crippen molar-refractivity contribution in [3.63, 3.8) is 0 Å². The van der Waals surface area contributed by atoms with Crippen LogP contribution in [0, 0.1) is 6.92 Å². The van der Waals surface area contributed by atoms with E-state index in [1.165, 1.54) is 0 Å². The summed E-state index contributed by atoms with van der Waals surface area (Å²) in [6.45, 7) is 6.02. The zero-order valence-corrected chi connectivity index (χ0v) is 9.19. The Labute approximate surface area is 88.7 Å². The summed E-state index contributed by atoms with van der Waals surface area (Å²) in [6.07, 6.45) is 1.83. The first-order valence-electron chi connectivity index (χ1n) is 4.99. The lowest BCUT2D eigenvalue weighted by Crippen LogP contribution is -2.00. The van der Waals surface area contributed by atoms with E-state index in [0.717, 1.165) is 17.2 Å². The number of hydrogen-bond donors (Lipinski definition) is 1. The molecule has 0 saturated carbocycles. The summed E-state index contributed by atoms with van der Waals surface area (Å²) in [5, 5.41) is 4.39. The first-order chi connectivity index (χ1) is 7.08. The minimum absolute atomic E-state index is 0.303. The summed E-state index contributed by atoms with van der Waals surface area (Å²) in [6, 6.07) is 4.10. The molecule has 0 aliphatic rings. The molecule has 2 N–H and O–H groups in total. The van der Waals surface area contributed by atoms with Crippen LogP contribution in [0.5, 0.6) is 0 Å². The molecule has 0 fully saturated rings. The van der Waals surface area contributed by atoms with Crippen molar-refractivity contribution in [1.82, 2.24) is 9.78 Å². The summed E-state index contributed by atoms with van der Waals surface area (Å²) in [7, 11) is 0. The number of nitrogens with zero attached hydrogens (tertiary/aromatic N) is 2. The molecule has 0 aromatic carbocycles. The molecule has 0 amide bonds. The maximum absolute atomic E-state index is 5.88. The molecule has 4 nitrogen and oxygen atoms in total. The summed E-state index contributed by atoms with van der Waals surface area (Å²) < 4.78 is 7.32. The van der Waals surface area contributed by atoms with Crippen LogP contribution in [0.4, 0.5) is 5.69 Å². The molecule has 0 atom stereocenters. The number of aryl methyl sites for hydroxylation is 1. The molecule has 2 rings (SSSR count). The molecule has 0 spiro atoms. The number of nitrogens with two attached hydrogens (primary N) is 1. The van der Waals surface area contributed by atoms with E-state index in [1.54, 1.807) is 0 Å². The van der Waals surface area contributed by atoms with Gasteiger partial charge in [-0.25, -0.2) is 0 Å².